The molecule has 88 valence electrons. The fraction of sp³-hybridized carbons (Fsp3) is 0.600. The summed E-state index contributed by atoms with van der Waals surface area (Å²) in [7, 11) is 0. The molecule has 1 aliphatic rings. The molecule has 2 rings (SSSR count). The highest BCUT2D eigenvalue weighted by Gasteiger charge is 2.38. The number of nitrogens with two attached hydrogens (primary N) is 1. The molecule has 1 aromatic carbocycles. The SMILES string of the molecule is CC(C)c1ccc(N)c2c1C(C)(C)CC2C. The summed E-state index contributed by atoms with van der Waals surface area (Å²) in [6.45, 7) is 11.5. The highest BCUT2D eigenvalue weighted by Crippen LogP contribution is 2.50. The Morgan fingerprint density at radius 3 is 2.50 bits per heavy atom. The van der Waals surface area contributed by atoms with Crippen LogP contribution in [0.5, 0.6) is 0 Å². The lowest BCUT2D eigenvalue weighted by atomic mass is 9.80. The lowest BCUT2D eigenvalue weighted by Crippen LogP contribution is -2.15. The van der Waals surface area contributed by atoms with Gasteiger partial charge in [-0.3, -0.25) is 0 Å². The Morgan fingerprint density at radius 2 is 1.94 bits per heavy atom. The van der Waals surface area contributed by atoms with Gasteiger partial charge < -0.3 is 5.73 Å². The standard InChI is InChI=1S/C15H23N/c1-9(2)11-6-7-12(16)13-10(3)8-15(4,5)14(11)13/h6-7,9-10H,8,16H2,1-5H3. The van der Waals surface area contributed by atoms with Crippen LogP contribution in [0.4, 0.5) is 5.69 Å². The van der Waals surface area contributed by atoms with Crippen LogP contribution in [0.15, 0.2) is 12.1 Å². The predicted molar refractivity (Wildman–Crippen MR) is 71.0 cm³/mol. The van der Waals surface area contributed by atoms with Gasteiger partial charge in [-0.25, -0.2) is 0 Å². The minimum absolute atomic E-state index is 0.281. The Bertz CT molecular complexity index is 416. The van der Waals surface area contributed by atoms with Gasteiger partial charge in [-0.2, -0.15) is 0 Å². The molecule has 1 unspecified atom stereocenters. The summed E-state index contributed by atoms with van der Waals surface area (Å²) in [5, 5.41) is 0. The molecule has 0 heterocycles. The molecular weight excluding hydrogens is 194 g/mol. The van der Waals surface area contributed by atoms with Gasteiger partial charge in [-0.15, -0.1) is 0 Å². The van der Waals surface area contributed by atoms with Gasteiger partial charge in [0, 0.05) is 5.69 Å². The summed E-state index contributed by atoms with van der Waals surface area (Å²) in [6, 6.07) is 4.31. The summed E-state index contributed by atoms with van der Waals surface area (Å²) < 4.78 is 0. The van der Waals surface area contributed by atoms with Gasteiger partial charge in [0.1, 0.15) is 0 Å². The molecule has 0 spiro atoms. The molecule has 1 atom stereocenters. The van der Waals surface area contributed by atoms with E-state index < -0.39 is 0 Å². The van der Waals surface area contributed by atoms with E-state index in [4.69, 9.17) is 5.73 Å². The summed E-state index contributed by atoms with van der Waals surface area (Å²) in [4.78, 5) is 0. The molecule has 2 N–H and O–H groups in total. The van der Waals surface area contributed by atoms with E-state index in [1.165, 1.54) is 23.1 Å². The van der Waals surface area contributed by atoms with Crippen LogP contribution < -0.4 is 5.73 Å². The molecular formula is C15H23N. The second-order valence-corrected chi connectivity index (χ2v) is 6.18. The van der Waals surface area contributed by atoms with Crippen molar-refractivity contribution in [1.82, 2.24) is 0 Å². The molecule has 1 nitrogen and oxygen atoms in total. The number of rotatable bonds is 1. The lowest BCUT2D eigenvalue weighted by molar-refractivity contribution is 0.485. The van der Waals surface area contributed by atoms with Gasteiger partial charge >= 0.3 is 0 Å². The van der Waals surface area contributed by atoms with Crippen LogP contribution in [-0.2, 0) is 5.41 Å². The maximum absolute atomic E-state index is 6.15. The minimum atomic E-state index is 0.281. The van der Waals surface area contributed by atoms with E-state index in [0.29, 0.717) is 11.8 Å². The Kier molecular flexibility index (Phi) is 2.52. The maximum Gasteiger partial charge on any atom is 0.0352 e. The Labute approximate surface area is 99.0 Å². The van der Waals surface area contributed by atoms with Crippen LogP contribution in [0.2, 0.25) is 0 Å². The Morgan fingerprint density at radius 1 is 1.31 bits per heavy atom. The van der Waals surface area contributed by atoms with Crippen molar-refractivity contribution in [3.63, 3.8) is 0 Å². The summed E-state index contributed by atoms with van der Waals surface area (Å²) in [5.74, 6) is 1.18. The van der Waals surface area contributed by atoms with Gasteiger partial charge in [0.15, 0.2) is 0 Å². The topological polar surface area (TPSA) is 26.0 Å². The Hall–Kier alpha value is -0.980. The number of hydrogen-bond donors (Lipinski definition) is 1. The van der Waals surface area contributed by atoms with Crippen LogP contribution in [-0.4, -0.2) is 0 Å². The van der Waals surface area contributed by atoms with E-state index in [-0.39, 0.29) is 5.41 Å². The number of fused-ring (bicyclic) bond motifs is 1. The van der Waals surface area contributed by atoms with Crippen molar-refractivity contribution >= 4 is 5.69 Å². The molecule has 0 amide bonds. The normalized spacial score (nSPS) is 22.5. The monoisotopic (exact) mass is 217 g/mol. The van der Waals surface area contributed by atoms with Gasteiger partial charge in [-0.1, -0.05) is 40.7 Å². The number of benzene rings is 1. The minimum Gasteiger partial charge on any atom is -0.398 e. The van der Waals surface area contributed by atoms with Crippen LogP contribution >= 0.6 is 0 Å². The molecule has 0 radical (unpaired) electrons. The molecule has 0 bridgehead atoms. The number of anilines is 1. The first-order chi connectivity index (χ1) is 7.34. The van der Waals surface area contributed by atoms with E-state index in [0.717, 1.165) is 5.69 Å². The smallest absolute Gasteiger partial charge is 0.0352 e. The maximum atomic E-state index is 6.15. The van der Waals surface area contributed by atoms with Crippen molar-refractivity contribution in [3.05, 3.63) is 28.8 Å². The second-order valence-electron chi connectivity index (χ2n) is 6.18. The fourth-order valence-corrected chi connectivity index (χ4v) is 3.39. The van der Waals surface area contributed by atoms with Crippen molar-refractivity contribution in [2.24, 2.45) is 0 Å². The first-order valence-corrected chi connectivity index (χ1v) is 6.27. The van der Waals surface area contributed by atoms with Gasteiger partial charge in [-0.05, 0) is 46.4 Å². The van der Waals surface area contributed by atoms with E-state index >= 15 is 0 Å². The third-order valence-corrected chi connectivity index (χ3v) is 3.92. The quantitative estimate of drug-likeness (QED) is 0.702. The zero-order valence-electron chi connectivity index (χ0n) is 11.1. The van der Waals surface area contributed by atoms with Crippen molar-refractivity contribution in [2.45, 2.75) is 58.3 Å². The van der Waals surface area contributed by atoms with Crippen molar-refractivity contribution in [1.29, 1.82) is 0 Å². The number of hydrogen-bond acceptors (Lipinski definition) is 1. The molecule has 0 aromatic heterocycles. The van der Waals surface area contributed by atoms with Crippen LogP contribution in [0.1, 0.15) is 69.6 Å². The van der Waals surface area contributed by atoms with Crippen molar-refractivity contribution in [2.75, 3.05) is 5.73 Å². The zero-order valence-corrected chi connectivity index (χ0v) is 11.1. The Balaban J connectivity index is 2.72. The molecule has 0 aliphatic heterocycles. The third-order valence-electron chi connectivity index (χ3n) is 3.92. The predicted octanol–water partition coefficient (Wildman–Crippen LogP) is 4.18. The molecule has 1 heteroatoms. The van der Waals surface area contributed by atoms with Crippen LogP contribution in [0.3, 0.4) is 0 Å². The number of nitrogen functional groups attached to an aromatic ring is 1. The van der Waals surface area contributed by atoms with Gasteiger partial charge in [0.2, 0.25) is 0 Å². The first kappa shape index (κ1) is 11.5. The van der Waals surface area contributed by atoms with Gasteiger partial charge in [0.05, 0.1) is 0 Å². The average molecular weight is 217 g/mol. The van der Waals surface area contributed by atoms with Crippen molar-refractivity contribution in [3.8, 4) is 0 Å². The van der Waals surface area contributed by atoms with Crippen LogP contribution in [0.25, 0.3) is 0 Å². The third kappa shape index (κ3) is 1.53. The average Bonchev–Trinajstić information content (AvgIpc) is 2.38. The zero-order chi connectivity index (χ0) is 12.1. The molecule has 0 saturated carbocycles. The van der Waals surface area contributed by atoms with E-state index in [1.54, 1.807) is 0 Å². The molecule has 1 aliphatic carbocycles. The molecule has 16 heavy (non-hydrogen) atoms. The highest BCUT2D eigenvalue weighted by molar-refractivity contribution is 5.61. The first-order valence-electron chi connectivity index (χ1n) is 6.27. The molecule has 0 saturated heterocycles. The molecule has 0 fully saturated rings. The second kappa shape index (κ2) is 3.51. The van der Waals surface area contributed by atoms with E-state index in [9.17, 15) is 0 Å². The van der Waals surface area contributed by atoms with Crippen molar-refractivity contribution < 1.29 is 0 Å². The van der Waals surface area contributed by atoms with Crippen LogP contribution in [0, 0.1) is 0 Å². The summed E-state index contributed by atoms with van der Waals surface area (Å²) >= 11 is 0. The van der Waals surface area contributed by atoms with E-state index in [1.807, 2.05) is 0 Å². The largest absolute Gasteiger partial charge is 0.398 e. The summed E-state index contributed by atoms with van der Waals surface area (Å²) in [6.07, 6.45) is 1.22. The summed E-state index contributed by atoms with van der Waals surface area (Å²) in [5.41, 5.74) is 11.8. The fourth-order valence-electron chi connectivity index (χ4n) is 3.39. The van der Waals surface area contributed by atoms with E-state index in [2.05, 4.69) is 46.8 Å². The van der Waals surface area contributed by atoms with Gasteiger partial charge in [0.25, 0.3) is 0 Å². The molecule has 1 aromatic rings. The lowest BCUT2D eigenvalue weighted by Gasteiger charge is -2.24. The highest BCUT2D eigenvalue weighted by atomic mass is 14.6.